The van der Waals surface area contributed by atoms with Gasteiger partial charge in [-0.25, -0.2) is 0 Å². The number of carbonyl (C=O) groups excluding carboxylic acids is 1. The SMILES string of the molecule is CC(=O)COc1ccccc1OCc1ccccc1. The zero-order valence-corrected chi connectivity index (χ0v) is 10.8. The zero-order valence-electron chi connectivity index (χ0n) is 10.8. The molecule has 0 amide bonds. The Kier molecular flexibility index (Phi) is 4.56. The molecule has 98 valence electrons. The Morgan fingerprint density at radius 2 is 1.47 bits per heavy atom. The molecule has 0 radical (unpaired) electrons. The molecule has 3 nitrogen and oxygen atoms in total. The third-order valence-electron chi connectivity index (χ3n) is 2.52. The summed E-state index contributed by atoms with van der Waals surface area (Å²) in [5.74, 6) is 1.22. The van der Waals surface area contributed by atoms with E-state index in [4.69, 9.17) is 9.47 Å². The van der Waals surface area contributed by atoms with Crippen molar-refractivity contribution in [2.24, 2.45) is 0 Å². The molecule has 0 fully saturated rings. The Morgan fingerprint density at radius 3 is 2.11 bits per heavy atom. The summed E-state index contributed by atoms with van der Waals surface area (Å²) in [6, 6.07) is 17.3. The first-order valence-electron chi connectivity index (χ1n) is 6.13. The van der Waals surface area contributed by atoms with Crippen molar-refractivity contribution in [2.75, 3.05) is 6.61 Å². The van der Waals surface area contributed by atoms with Crippen LogP contribution in [0.2, 0.25) is 0 Å². The molecule has 0 heterocycles. The molecular formula is C16H16O3. The minimum absolute atomic E-state index is 0.0159. The molecule has 0 saturated heterocycles. The van der Waals surface area contributed by atoms with Gasteiger partial charge >= 0.3 is 0 Å². The fourth-order valence-corrected chi connectivity index (χ4v) is 1.60. The van der Waals surface area contributed by atoms with Crippen LogP contribution in [0, 0.1) is 0 Å². The number of ether oxygens (including phenoxy) is 2. The maximum Gasteiger partial charge on any atom is 0.167 e. The maximum absolute atomic E-state index is 10.9. The van der Waals surface area contributed by atoms with E-state index in [1.54, 1.807) is 6.07 Å². The summed E-state index contributed by atoms with van der Waals surface area (Å²) in [6.07, 6.45) is 0. The van der Waals surface area contributed by atoms with Gasteiger partial charge < -0.3 is 9.47 Å². The van der Waals surface area contributed by atoms with Gasteiger partial charge in [0.1, 0.15) is 13.2 Å². The van der Waals surface area contributed by atoms with Crippen LogP contribution >= 0.6 is 0 Å². The first-order valence-corrected chi connectivity index (χ1v) is 6.13. The summed E-state index contributed by atoms with van der Waals surface area (Å²) in [6.45, 7) is 2.03. The summed E-state index contributed by atoms with van der Waals surface area (Å²) in [4.78, 5) is 10.9. The quantitative estimate of drug-likeness (QED) is 0.796. The Morgan fingerprint density at radius 1 is 0.895 bits per heavy atom. The molecule has 0 atom stereocenters. The molecule has 0 bridgehead atoms. The van der Waals surface area contributed by atoms with Crippen molar-refractivity contribution in [3.63, 3.8) is 0 Å². The first kappa shape index (κ1) is 13.1. The summed E-state index contributed by atoms with van der Waals surface area (Å²) < 4.78 is 11.1. The van der Waals surface area contributed by atoms with E-state index in [0.29, 0.717) is 18.1 Å². The van der Waals surface area contributed by atoms with Gasteiger partial charge in [0.15, 0.2) is 17.3 Å². The molecule has 0 spiro atoms. The topological polar surface area (TPSA) is 35.5 Å². The van der Waals surface area contributed by atoms with Gasteiger partial charge in [-0.3, -0.25) is 4.79 Å². The number of ketones is 1. The van der Waals surface area contributed by atoms with E-state index in [9.17, 15) is 4.79 Å². The normalized spacial score (nSPS) is 9.95. The molecule has 0 N–H and O–H groups in total. The number of benzene rings is 2. The smallest absolute Gasteiger partial charge is 0.167 e. The van der Waals surface area contributed by atoms with Gasteiger partial charge in [-0.2, -0.15) is 0 Å². The minimum atomic E-state index is -0.0159. The Bertz CT molecular complexity index is 535. The molecule has 2 rings (SSSR count). The van der Waals surface area contributed by atoms with Crippen molar-refractivity contribution in [3.8, 4) is 11.5 Å². The molecule has 0 aliphatic rings. The van der Waals surface area contributed by atoms with Gasteiger partial charge in [-0.05, 0) is 24.6 Å². The molecule has 19 heavy (non-hydrogen) atoms. The maximum atomic E-state index is 10.9. The van der Waals surface area contributed by atoms with E-state index in [1.165, 1.54) is 6.92 Å². The second kappa shape index (κ2) is 6.59. The van der Waals surface area contributed by atoms with Crippen LogP contribution in [0.15, 0.2) is 54.6 Å². The van der Waals surface area contributed by atoms with E-state index in [1.807, 2.05) is 48.5 Å². The third kappa shape index (κ3) is 4.14. The van der Waals surface area contributed by atoms with Gasteiger partial charge in [0, 0.05) is 0 Å². The van der Waals surface area contributed by atoms with Crippen molar-refractivity contribution in [1.29, 1.82) is 0 Å². The van der Waals surface area contributed by atoms with Gasteiger partial charge in [0.25, 0.3) is 0 Å². The lowest BCUT2D eigenvalue weighted by Gasteiger charge is -2.11. The molecule has 3 heteroatoms. The third-order valence-corrected chi connectivity index (χ3v) is 2.52. The van der Waals surface area contributed by atoms with Crippen LogP contribution in [0.5, 0.6) is 11.5 Å². The number of Topliss-reactive ketones (excluding diaryl/α,β-unsaturated/α-hetero) is 1. The standard InChI is InChI=1S/C16H16O3/c1-13(17)11-18-15-9-5-6-10-16(15)19-12-14-7-3-2-4-8-14/h2-10H,11-12H2,1H3. The highest BCUT2D eigenvalue weighted by atomic mass is 16.5. The van der Waals surface area contributed by atoms with Crippen LogP contribution in [0.25, 0.3) is 0 Å². The highest BCUT2D eigenvalue weighted by Crippen LogP contribution is 2.27. The fraction of sp³-hybridized carbons (Fsp3) is 0.188. The van der Waals surface area contributed by atoms with Crippen LogP contribution in [-0.2, 0) is 11.4 Å². The first-order chi connectivity index (χ1) is 9.25. The zero-order chi connectivity index (χ0) is 13.5. The predicted molar refractivity (Wildman–Crippen MR) is 73.4 cm³/mol. The summed E-state index contributed by atoms with van der Waals surface area (Å²) in [5.41, 5.74) is 1.09. The number of hydrogen-bond acceptors (Lipinski definition) is 3. The Balaban J connectivity index is 2.01. The number of hydrogen-bond donors (Lipinski definition) is 0. The molecule has 0 aliphatic heterocycles. The second-order valence-corrected chi connectivity index (χ2v) is 4.21. The molecular weight excluding hydrogens is 240 g/mol. The van der Waals surface area contributed by atoms with Crippen molar-refractivity contribution < 1.29 is 14.3 Å². The van der Waals surface area contributed by atoms with Gasteiger partial charge in [-0.15, -0.1) is 0 Å². The Hall–Kier alpha value is -2.29. The number of carbonyl (C=O) groups is 1. The van der Waals surface area contributed by atoms with Gasteiger partial charge in [0.05, 0.1) is 0 Å². The lowest BCUT2D eigenvalue weighted by atomic mass is 10.2. The second-order valence-electron chi connectivity index (χ2n) is 4.21. The molecule has 0 aromatic heterocycles. The molecule has 0 aliphatic carbocycles. The molecule has 2 aromatic rings. The molecule has 0 saturated carbocycles. The summed E-state index contributed by atoms with van der Waals surface area (Å²) >= 11 is 0. The predicted octanol–water partition coefficient (Wildman–Crippen LogP) is 3.23. The van der Waals surface area contributed by atoms with Crippen LogP contribution in [0.4, 0.5) is 0 Å². The lowest BCUT2D eigenvalue weighted by Crippen LogP contribution is -2.07. The van der Waals surface area contributed by atoms with Crippen LogP contribution in [0.1, 0.15) is 12.5 Å². The van der Waals surface area contributed by atoms with Crippen LogP contribution < -0.4 is 9.47 Å². The Labute approximate surface area is 112 Å². The number of rotatable bonds is 6. The van der Waals surface area contributed by atoms with Crippen molar-refractivity contribution in [3.05, 3.63) is 60.2 Å². The lowest BCUT2D eigenvalue weighted by molar-refractivity contribution is -0.118. The van der Waals surface area contributed by atoms with E-state index in [2.05, 4.69) is 0 Å². The molecule has 0 unspecified atom stereocenters. The average Bonchev–Trinajstić information content (AvgIpc) is 2.45. The highest BCUT2D eigenvalue weighted by molar-refractivity contribution is 5.77. The van der Waals surface area contributed by atoms with E-state index in [-0.39, 0.29) is 12.4 Å². The van der Waals surface area contributed by atoms with E-state index < -0.39 is 0 Å². The van der Waals surface area contributed by atoms with E-state index >= 15 is 0 Å². The monoisotopic (exact) mass is 256 g/mol. The summed E-state index contributed by atoms with van der Waals surface area (Å²) in [7, 11) is 0. The van der Waals surface area contributed by atoms with Crippen molar-refractivity contribution in [1.82, 2.24) is 0 Å². The van der Waals surface area contributed by atoms with Gasteiger partial charge in [-0.1, -0.05) is 42.5 Å². The van der Waals surface area contributed by atoms with Gasteiger partial charge in [0.2, 0.25) is 0 Å². The average molecular weight is 256 g/mol. The van der Waals surface area contributed by atoms with Crippen LogP contribution in [0.3, 0.4) is 0 Å². The fourth-order valence-electron chi connectivity index (χ4n) is 1.60. The molecule has 2 aromatic carbocycles. The van der Waals surface area contributed by atoms with Crippen molar-refractivity contribution >= 4 is 5.78 Å². The number of para-hydroxylation sites is 2. The van der Waals surface area contributed by atoms with Crippen molar-refractivity contribution in [2.45, 2.75) is 13.5 Å². The van der Waals surface area contributed by atoms with Crippen LogP contribution in [-0.4, -0.2) is 12.4 Å². The largest absolute Gasteiger partial charge is 0.485 e. The minimum Gasteiger partial charge on any atom is -0.485 e. The summed E-state index contributed by atoms with van der Waals surface area (Å²) in [5, 5.41) is 0. The highest BCUT2D eigenvalue weighted by Gasteiger charge is 2.05. The van der Waals surface area contributed by atoms with E-state index in [0.717, 1.165) is 5.56 Å².